The van der Waals surface area contributed by atoms with Crippen LogP contribution < -0.4 is 4.74 Å². The SMILES string of the molecule is CC(C)Oc1ccc(-c2ccc3ccccc3n2)cc1. The van der Waals surface area contributed by atoms with Gasteiger partial charge in [-0.2, -0.15) is 0 Å². The van der Waals surface area contributed by atoms with Gasteiger partial charge in [-0.05, 0) is 50.2 Å². The first-order valence-electron chi connectivity index (χ1n) is 6.85. The molecule has 0 amide bonds. The van der Waals surface area contributed by atoms with E-state index in [2.05, 4.69) is 30.3 Å². The molecule has 0 aliphatic heterocycles. The molecule has 0 bridgehead atoms. The summed E-state index contributed by atoms with van der Waals surface area (Å²) in [5, 5.41) is 1.16. The molecule has 100 valence electrons. The van der Waals surface area contributed by atoms with E-state index in [1.54, 1.807) is 0 Å². The first-order chi connectivity index (χ1) is 9.72. The Morgan fingerprint density at radius 3 is 2.35 bits per heavy atom. The van der Waals surface area contributed by atoms with Crippen LogP contribution in [0.1, 0.15) is 13.8 Å². The lowest BCUT2D eigenvalue weighted by Crippen LogP contribution is -2.05. The summed E-state index contributed by atoms with van der Waals surface area (Å²) in [6.45, 7) is 4.05. The second-order valence-corrected chi connectivity index (χ2v) is 5.08. The van der Waals surface area contributed by atoms with Crippen molar-refractivity contribution in [2.75, 3.05) is 0 Å². The van der Waals surface area contributed by atoms with Gasteiger partial charge in [0.25, 0.3) is 0 Å². The van der Waals surface area contributed by atoms with Crippen LogP contribution in [-0.2, 0) is 0 Å². The minimum Gasteiger partial charge on any atom is -0.491 e. The number of ether oxygens (including phenoxy) is 1. The van der Waals surface area contributed by atoms with Crippen LogP contribution in [-0.4, -0.2) is 11.1 Å². The minimum absolute atomic E-state index is 0.194. The Labute approximate surface area is 119 Å². The average Bonchev–Trinajstić information content (AvgIpc) is 2.47. The van der Waals surface area contributed by atoms with Crippen molar-refractivity contribution < 1.29 is 4.74 Å². The molecule has 0 atom stereocenters. The van der Waals surface area contributed by atoms with E-state index in [9.17, 15) is 0 Å². The Balaban J connectivity index is 1.94. The minimum atomic E-state index is 0.194. The van der Waals surface area contributed by atoms with E-state index in [1.165, 1.54) is 0 Å². The molecule has 2 heteroatoms. The van der Waals surface area contributed by atoms with Gasteiger partial charge < -0.3 is 4.74 Å². The maximum absolute atomic E-state index is 5.65. The largest absolute Gasteiger partial charge is 0.491 e. The lowest BCUT2D eigenvalue weighted by molar-refractivity contribution is 0.242. The number of hydrogen-bond donors (Lipinski definition) is 0. The van der Waals surface area contributed by atoms with Gasteiger partial charge >= 0.3 is 0 Å². The Kier molecular flexibility index (Phi) is 3.38. The van der Waals surface area contributed by atoms with Crippen LogP contribution in [0, 0.1) is 0 Å². The molecule has 0 N–H and O–H groups in total. The first kappa shape index (κ1) is 12.7. The van der Waals surface area contributed by atoms with Crippen LogP contribution >= 0.6 is 0 Å². The highest BCUT2D eigenvalue weighted by Crippen LogP contribution is 2.23. The van der Waals surface area contributed by atoms with Crippen LogP contribution in [0.15, 0.2) is 60.7 Å². The number of pyridine rings is 1. The molecule has 3 aromatic rings. The predicted octanol–water partition coefficient (Wildman–Crippen LogP) is 4.69. The Morgan fingerprint density at radius 2 is 1.60 bits per heavy atom. The van der Waals surface area contributed by atoms with Crippen LogP contribution in [0.25, 0.3) is 22.2 Å². The fourth-order valence-corrected chi connectivity index (χ4v) is 2.20. The number of aromatic nitrogens is 1. The van der Waals surface area contributed by atoms with Crippen molar-refractivity contribution in [2.24, 2.45) is 0 Å². The molecule has 0 aliphatic carbocycles. The van der Waals surface area contributed by atoms with Crippen LogP contribution in [0.4, 0.5) is 0 Å². The molecule has 3 rings (SSSR count). The molecule has 0 unspecified atom stereocenters. The average molecular weight is 263 g/mol. The van der Waals surface area contributed by atoms with E-state index < -0.39 is 0 Å². The highest BCUT2D eigenvalue weighted by molar-refractivity contribution is 5.81. The van der Waals surface area contributed by atoms with Crippen molar-refractivity contribution in [2.45, 2.75) is 20.0 Å². The standard InChI is InChI=1S/C18H17NO/c1-13(2)20-16-10-7-15(8-11-16)18-12-9-14-5-3-4-6-17(14)19-18/h3-13H,1-2H3. The van der Waals surface area contributed by atoms with E-state index >= 15 is 0 Å². The van der Waals surface area contributed by atoms with Gasteiger partial charge in [-0.25, -0.2) is 4.98 Å². The van der Waals surface area contributed by atoms with Crippen LogP contribution in [0.2, 0.25) is 0 Å². The molecule has 0 radical (unpaired) electrons. The molecule has 2 aromatic carbocycles. The van der Waals surface area contributed by atoms with Gasteiger partial charge in [0.2, 0.25) is 0 Å². The first-order valence-corrected chi connectivity index (χ1v) is 6.85. The fraction of sp³-hybridized carbons (Fsp3) is 0.167. The van der Waals surface area contributed by atoms with Gasteiger partial charge in [0.15, 0.2) is 0 Å². The van der Waals surface area contributed by atoms with Gasteiger partial charge in [-0.1, -0.05) is 24.3 Å². The Bertz CT molecular complexity index is 717. The monoisotopic (exact) mass is 263 g/mol. The molecule has 20 heavy (non-hydrogen) atoms. The van der Waals surface area contributed by atoms with Crippen LogP contribution in [0.5, 0.6) is 5.75 Å². The third-order valence-corrected chi connectivity index (χ3v) is 3.12. The number of fused-ring (bicyclic) bond motifs is 1. The quantitative estimate of drug-likeness (QED) is 0.684. The molecular weight excluding hydrogens is 246 g/mol. The topological polar surface area (TPSA) is 22.1 Å². The van der Waals surface area contributed by atoms with Gasteiger partial charge in [0.05, 0.1) is 17.3 Å². The zero-order valence-electron chi connectivity index (χ0n) is 11.7. The second kappa shape index (κ2) is 5.33. The summed E-state index contributed by atoms with van der Waals surface area (Å²) in [5.74, 6) is 0.893. The van der Waals surface area contributed by atoms with Gasteiger partial charge in [0, 0.05) is 10.9 Å². The summed E-state index contributed by atoms with van der Waals surface area (Å²) in [7, 11) is 0. The maximum Gasteiger partial charge on any atom is 0.119 e. The van der Waals surface area contributed by atoms with Crippen molar-refractivity contribution >= 4 is 10.9 Å². The van der Waals surface area contributed by atoms with Gasteiger partial charge in [-0.15, -0.1) is 0 Å². The predicted molar refractivity (Wildman–Crippen MR) is 82.9 cm³/mol. The summed E-state index contributed by atoms with van der Waals surface area (Å²) >= 11 is 0. The van der Waals surface area contributed by atoms with Gasteiger partial charge in [-0.3, -0.25) is 0 Å². The zero-order valence-corrected chi connectivity index (χ0v) is 11.7. The van der Waals surface area contributed by atoms with Crippen molar-refractivity contribution in [1.29, 1.82) is 0 Å². The van der Waals surface area contributed by atoms with Crippen molar-refractivity contribution in [1.82, 2.24) is 4.98 Å². The molecule has 0 saturated heterocycles. The number of nitrogens with zero attached hydrogens (tertiary/aromatic N) is 1. The summed E-state index contributed by atoms with van der Waals surface area (Å²) in [6.07, 6.45) is 0.194. The van der Waals surface area contributed by atoms with E-state index in [4.69, 9.17) is 9.72 Å². The summed E-state index contributed by atoms with van der Waals surface area (Å²) in [4.78, 5) is 4.70. The van der Waals surface area contributed by atoms with E-state index in [1.807, 2.05) is 44.2 Å². The molecule has 1 heterocycles. The van der Waals surface area contributed by atoms with Crippen molar-refractivity contribution in [3.63, 3.8) is 0 Å². The van der Waals surface area contributed by atoms with Crippen LogP contribution in [0.3, 0.4) is 0 Å². The van der Waals surface area contributed by atoms with Crippen molar-refractivity contribution in [3.8, 4) is 17.0 Å². The fourth-order valence-electron chi connectivity index (χ4n) is 2.20. The molecule has 0 fully saturated rings. The Morgan fingerprint density at radius 1 is 0.850 bits per heavy atom. The molecule has 0 saturated carbocycles. The summed E-state index contributed by atoms with van der Waals surface area (Å²) < 4.78 is 5.65. The molecular formula is C18H17NO. The molecule has 1 aromatic heterocycles. The third-order valence-electron chi connectivity index (χ3n) is 3.12. The molecule has 0 aliphatic rings. The van der Waals surface area contributed by atoms with Crippen molar-refractivity contribution in [3.05, 3.63) is 60.7 Å². The number of hydrogen-bond acceptors (Lipinski definition) is 2. The van der Waals surface area contributed by atoms with E-state index in [0.717, 1.165) is 27.9 Å². The normalized spacial score (nSPS) is 10.9. The maximum atomic E-state index is 5.65. The molecule has 2 nitrogen and oxygen atoms in total. The lowest BCUT2D eigenvalue weighted by atomic mass is 10.1. The molecule has 0 spiro atoms. The van der Waals surface area contributed by atoms with Gasteiger partial charge in [0.1, 0.15) is 5.75 Å². The summed E-state index contributed by atoms with van der Waals surface area (Å²) in [6, 6.07) is 20.4. The number of rotatable bonds is 3. The lowest BCUT2D eigenvalue weighted by Gasteiger charge is -2.10. The zero-order chi connectivity index (χ0) is 13.9. The number of para-hydroxylation sites is 1. The van der Waals surface area contributed by atoms with E-state index in [0.29, 0.717) is 0 Å². The highest BCUT2D eigenvalue weighted by Gasteiger charge is 2.02. The smallest absolute Gasteiger partial charge is 0.119 e. The van der Waals surface area contributed by atoms with E-state index in [-0.39, 0.29) is 6.10 Å². The Hall–Kier alpha value is -2.35. The summed E-state index contributed by atoms with van der Waals surface area (Å²) in [5.41, 5.74) is 3.11. The number of benzene rings is 2. The highest BCUT2D eigenvalue weighted by atomic mass is 16.5. The third kappa shape index (κ3) is 2.64. The second-order valence-electron chi connectivity index (χ2n) is 5.08.